The first-order valence-corrected chi connectivity index (χ1v) is 10.3. The van der Waals surface area contributed by atoms with E-state index in [9.17, 15) is 9.59 Å². The van der Waals surface area contributed by atoms with Gasteiger partial charge < -0.3 is 34.3 Å². The standard InChI is InChI=1S/C20H35N3O7/c1-17(2,3)29-15(24)21-10-19(7)13-23-12(9-26-13)27-20(8,14(23)28-19)11-22-16(25)30-18(4,5)6/h12-14H,9-11H2,1-8H3,(H,21,24)(H,22,25)/t12-,13-,14-,19+,20+/m0/s1. The SMILES string of the molecule is CC(C)(C)OC(=O)NC[C@@]1(C)O[C@H]2CO[C@@H]3N2[C@H]1O[C@]3(C)CNC(=O)OC(C)(C)C. The summed E-state index contributed by atoms with van der Waals surface area (Å²) >= 11 is 0. The van der Waals surface area contributed by atoms with E-state index in [0.29, 0.717) is 6.61 Å². The van der Waals surface area contributed by atoms with Crippen LogP contribution >= 0.6 is 0 Å². The van der Waals surface area contributed by atoms with Gasteiger partial charge in [-0.3, -0.25) is 0 Å². The lowest BCUT2D eigenvalue weighted by Gasteiger charge is -2.32. The first-order valence-electron chi connectivity index (χ1n) is 10.3. The van der Waals surface area contributed by atoms with Gasteiger partial charge in [0.25, 0.3) is 0 Å². The molecule has 30 heavy (non-hydrogen) atoms. The highest BCUT2D eigenvalue weighted by molar-refractivity contribution is 5.68. The van der Waals surface area contributed by atoms with Gasteiger partial charge in [-0.2, -0.15) is 0 Å². The average Bonchev–Trinajstić information content (AvgIpc) is 3.17. The molecule has 5 atom stereocenters. The molecular weight excluding hydrogens is 394 g/mol. The first-order chi connectivity index (χ1) is 13.6. The van der Waals surface area contributed by atoms with E-state index >= 15 is 0 Å². The highest BCUT2D eigenvalue weighted by Gasteiger charge is 2.67. The molecule has 10 nitrogen and oxygen atoms in total. The van der Waals surface area contributed by atoms with Gasteiger partial charge in [0.1, 0.15) is 41.1 Å². The fourth-order valence-corrected chi connectivity index (χ4v) is 3.92. The molecule has 2 amide bonds. The monoisotopic (exact) mass is 429 g/mol. The third kappa shape index (κ3) is 4.82. The maximum Gasteiger partial charge on any atom is 0.407 e. The average molecular weight is 430 g/mol. The lowest BCUT2D eigenvalue weighted by molar-refractivity contribution is -0.127. The summed E-state index contributed by atoms with van der Waals surface area (Å²) in [7, 11) is 0. The number of carbonyl (C=O) groups is 2. The Hall–Kier alpha value is -1.62. The summed E-state index contributed by atoms with van der Waals surface area (Å²) in [6.45, 7) is 15.4. The fraction of sp³-hybridized carbons (Fsp3) is 0.900. The van der Waals surface area contributed by atoms with Crippen LogP contribution in [-0.4, -0.2) is 77.9 Å². The number of nitrogens with zero attached hydrogens (tertiary/aromatic N) is 1. The van der Waals surface area contributed by atoms with Crippen LogP contribution in [0, 0.1) is 0 Å². The fourth-order valence-electron chi connectivity index (χ4n) is 3.92. The highest BCUT2D eigenvalue weighted by Crippen LogP contribution is 2.48. The highest BCUT2D eigenvalue weighted by atomic mass is 16.7. The lowest BCUT2D eigenvalue weighted by atomic mass is 10.1. The Morgan fingerprint density at radius 1 is 0.900 bits per heavy atom. The van der Waals surface area contributed by atoms with E-state index in [1.165, 1.54) is 0 Å². The number of ether oxygens (including phenoxy) is 5. The molecule has 3 saturated heterocycles. The van der Waals surface area contributed by atoms with Gasteiger partial charge in [-0.05, 0) is 55.4 Å². The topological polar surface area (TPSA) is 108 Å². The maximum atomic E-state index is 12.1. The van der Waals surface area contributed by atoms with E-state index in [1.807, 2.05) is 60.3 Å². The zero-order valence-corrected chi connectivity index (χ0v) is 19.2. The Kier molecular flexibility index (Phi) is 5.77. The molecule has 0 radical (unpaired) electrons. The molecule has 0 aromatic rings. The molecule has 2 N–H and O–H groups in total. The Morgan fingerprint density at radius 3 is 1.83 bits per heavy atom. The molecule has 0 unspecified atom stereocenters. The number of rotatable bonds is 4. The molecule has 0 aromatic heterocycles. The summed E-state index contributed by atoms with van der Waals surface area (Å²) in [4.78, 5) is 26.2. The summed E-state index contributed by atoms with van der Waals surface area (Å²) in [5, 5.41) is 5.55. The van der Waals surface area contributed by atoms with Crippen molar-refractivity contribution in [1.82, 2.24) is 15.5 Å². The third-order valence-corrected chi connectivity index (χ3v) is 5.07. The van der Waals surface area contributed by atoms with Gasteiger partial charge >= 0.3 is 12.2 Å². The molecule has 10 heteroatoms. The van der Waals surface area contributed by atoms with Gasteiger partial charge in [-0.25, -0.2) is 14.5 Å². The van der Waals surface area contributed by atoms with Crippen LogP contribution in [0.1, 0.15) is 55.4 Å². The van der Waals surface area contributed by atoms with Crippen molar-refractivity contribution in [3.05, 3.63) is 0 Å². The van der Waals surface area contributed by atoms with Gasteiger partial charge in [0.2, 0.25) is 0 Å². The number of nitrogens with one attached hydrogen (secondary N) is 2. The molecule has 3 rings (SSSR count). The largest absolute Gasteiger partial charge is 0.444 e. The summed E-state index contributed by atoms with van der Waals surface area (Å²) in [5.74, 6) is 0. The zero-order chi connectivity index (χ0) is 22.5. The minimum absolute atomic E-state index is 0.210. The molecular formula is C20H35N3O7. The first kappa shape index (κ1) is 23.1. The second-order valence-electron chi connectivity index (χ2n) is 10.5. The van der Waals surface area contributed by atoms with Crippen LogP contribution in [0.3, 0.4) is 0 Å². The predicted molar refractivity (Wildman–Crippen MR) is 107 cm³/mol. The molecule has 0 saturated carbocycles. The Morgan fingerprint density at radius 2 is 1.37 bits per heavy atom. The minimum Gasteiger partial charge on any atom is -0.444 e. The number of amides is 2. The van der Waals surface area contributed by atoms with Gasteiger partial charge in [0.05, 0.1) is 19.7 Å². The van der Waals surface area contributed by atoms with Crippen LogP contribution < -0.4 is 10.6 Å². The molecule has 0 aromatic carbocycles. The maximum absolute atomic E-state index is 12.1. The van der Waals surface area contributed by atoms with Gasteiger partial charge in [-0.15, -0.1) is 0 Å². The van der Waals surface area contributed by atoms with E-state index in [0.717, 1.165) is 0 Å². The minimum atomic E-state index is -0.798. The van der Waals surface area contributed by atoms with E-state index < -0.39 is 40.8 Å². The van der Waals surface area contributed by atoms with Crippen LogP contribution in [0.5, 0.6) is 0 Å². The molecule has 172 valence electrons. The second kappa shape index (κ2) is 7.51. The molecule has 3 fully saturated rings. The summed E-state index contributed by atoms with van der Waals surface area (Å²) in [6.07, 6.45) is -2.14. The molecule has 3 aliphatic heterocycles. The van der Waals surface area contributed by atoms with Crippen LogP contribution in [-0.2, 0) is 23.7 Å². The van der Waals surface area contributed by atoms with E-state index in [1.54, 1.807) is 0 Å². The molecule has 0 aliphatic carbocycles. The number of carbonyl (C=O) groups excluding carboxylic acids is 2. The van der Waals surface area contributed by atoms with Crippen LogP contribution in [0.25, 0.3) is 0 Å². The van der Waals surface area contributed by atoms with Crippen molar-refractivity contribution < 1.29 is 33.3 Å². The van der Waals surface area contributed by atoms with E-state index in [2.05, 4.69) is 10.6 Å². The molecule has 3 heterocycles. The smallest absolute Gasteiger partial charge is 0.407 e. The van der Waals surface area contributed by atoms with Crippen LogP contribution in [0.4, 0.5) is 9.59 Å². The van der Waals surface area contributed by atoms with Crippen molar-refractivity contribution in [3.8, 4) is 0 Å². The summed E-state index contributed by atoms with van der Waals surface area (Å²) < 4.78 is 29.1. The van der Waals surface area contributed by atoms with Crippen molar-refractivity contribution in [3.63, 3.8) is 0 Å². The lowest BCUT2D eigenvalue weighted by Crippen LogP contribution is -2.52. The summed E-state index contributed by atoms with van der Waals surface area (Å²) in [6, 6.07) is 0. The zero-order valence-electron chi connectivity index (χ0n) is 19.2. The van der Waals surface area contributed by atoms with E-state index in [4.69, 9.17) is 23.7 Å². The Bertz CT molecular complexity index is 657. The molecule has 0 spiro atoms. The molecule has 3 aliphatic rings. The van der Waals surface area contributed by atoms with Crippen LogP contribution in [0.15, 0.2) is 0 Å². The third-order valence-electron chi connectivity index (χ3n) is 5.07. The van der Waals surface area contributed by atoms with E-state index in [-0.39, 0.29) is 25.5 Å². The number of hydrogen-bond acceptors (Lipinski definition) is 8. The van der Waals surface area contributed by atoms with Crippen molar-refractivity contribution in [2.75, 3.05) is 19.7 Å². The Balaban J connectivity index is 1.64. The van der Waals surface area contributed by atoms with Crippen LogP contribution in [0.2, 0.25) is 0 Å². The van der Waals surface area contributed by atoms with Crippen molar-refractivity contribution >= 4 is 12.2 Å². The number of alkyl carbamates (subject to hydrolysis) is 2. The Labute approximate surface area is 177 Å². The summed E-state index contributed by atoms with van der Waals surface area (Å²) in [5.41, 5.74) is -2.77. The normalized spacial score (nSPS) is 35.8. The number of hydrogen-bond donors (Lipinski definition) is 2. The second-order valence-corrected chi connectivity index (χ2v) is 10.5. The van der Waals surface area contributed by atoms with Gasteiger partial charge in [0, 0.05) is 0 Å². The molecule has 0 bridgehead atoms. The van der Waals surface area contributed by atoms with Crippen molar-refractivity contribution in [2.45, 2.75) is 96.5 Å². The van der Waals surface area contributed by atoms with Crippen molar-refractivity contribution in [1.29, 1.82) is 0 Å². The van der Waals surface area contributed by atoms with Gasteiger partial charge in [-0.1, -0.05) is 0 Å². The van der Waals surface area contributed by atoms with Crippen molar-refractivity contribution in [2.24, 2.45) is 0 Å². The van der Waals surface area contributed by atoms with Gasteiger partial charge in [0.15, 0.2) is 0 Å². The quantitative estimate of drug-likeness (QED) is 0.698. The predicted octanol–water partition coefficient (Wildman–Crippen LogP) is 1.92.